The summed E-state index contributed by atoms with van der Waals surface area (Å²) < 4.78 is 1.47. The number of nitro groups is 1. The third-order valence-electron chi connectivity index (χ3n) is 4.34. The average Bonchev–Trinajstić information content (AvgIpc) is 2.60. The highest BCUT2D eigenvalue weighted by Crippen LogP contribution is 2.31. The van der Waals surface area contributed by atoms with Gasteiger partial charge < -0.3 is 5.32 Å². The van der Waals surface area contributed by atoms with Crippen LogP contribution in [0.15, 0.2) is 34.2 Å². The van der Waals surface area contributed by atoms with Gasteiger partial charge in [0.05, 0.1) is 16.5 Å². The quantitative estimate of drug-likeness (QED) is 0.461. The van der Waals surface area contributed by atoms with Crippen LogP contribution in [-0.2, 0) is 16.8 Å². The maximum atomic E-state index is 12.7. The van der Waals surface area contributed by atoms with Gasteiger partial charge >= 0.3 is 0 Å². The molecule has 1 aromatic heterocycles. The Kier molecular flexibility index (Phi) is 5.49. The number of nitrogens with zero attached hydrogens (tertiary/aromatic N) is 3. The van der Waals surface area contributed by atoms with E-state index in [2.05, 4.69) is 10.3 Å². The number of carbonyl (C=O) groups is 1. The SMILES string of the molecule is CC(C)(C)c1cc(=O)n2c(n1)SCC(C(=O)Nc1cc(Cl)ccc1[N+](=O)[O-])C2. The van der Waals surface area contributed by atoms with E-state index in [4.69, 9.17) is 11.6 Å². The molecule has 0 spiro atoms. The molecule has 0 radical (unpaired) electrons. The van der Waals surface area contributed by atoms with E-state index < -0.39 is 16.7 Å². The topological polar surface area (TPSA) is 107 Å². The van der Waals surface area contributed by atoms with Gasteiger partial charge in [-0.1, -0.05) is 44.1 Å². The first kappa shape index (κ1) is 20.3. The molecule has 8 nitrogen and oxygen atoms in total. The number of nitro benzene ring substituents is 1. The van der Waals surface area contributed by atoms with Crippen LogP contribution in [0.2, 0.25) is 5.02 Å². The molecular weight excluding hydrogens is 404 g/mol. The second-order valence-electron chi connectivity index (χ2n) is 7.54. The monoisotopic (exact) mass is 422 g/mol. The first-order valence-corrected chi connectivity index (χ1v) is 9.92. The zero-order valence-electron chi connectivity index (χ0n) is 15.6. The largest absolute Gasteiger partial charge is 0.320 e. The molecule has 2 aromatic rings. The van der Waals surface area contributed by atoms with E-state index in [9.17, 15) is 19.7 Å². The number of amides is 1. The number of aromatic nitrogens is 2. The molecular formula is C18H19ClN4O4S. The Bertz CT molecular complexity index is 1020. The first-order chi connectivity index (χ1) is 13.1. The third kappa shape index (κ3) is 4.20. The number of hydrogen-bond donors (Lipinski definition) is 1. The van der Waals surface area contributed by atoms with E-state index in [-0.39, 0.29) is 33.9 Å². The summed E-state index contributed by atoms with van der Waals surface area (Å²) in [5, 5.41) is 14.6. The van der Waals surface area contributed by atoms with E-state index >= 15 is 0 Å². The van der Waals surface area contributed by atoms with Crippen molar-refractivity contribution in [1.82, 2.24) is 9.55 Å². The minimum absolute atomic E-state index is 0.0341. The molecule has 2 heterocycles. The summed E-state index contributed by atoms with van der Waals surface area (Å²) in [6.45, 7) is 6.10. The minimum Gasteiger partial charge on any atom is -0.320 e. The fraction of sp³-hybridized carbons (Fsp3) is 0.389. The predicted molar refractivity (Wildman–Crippen MR) is 108 cm³/mol. The van der Waals surface area contributed by atoms with Gasteiger partial charge in [-0.25, -0.2) is 4.98 Å². The number of nitrogens with one attached hydrogen (secondary N) is 1. The lowest BCUT2D eigenvalue weighted by Crippen LogP contribution is -2.37. The van der Waals surface area contributed by atoms with Crippen molar-refractivity contribution in [1.29, 1.82) is 0 Å². The number of halogens is 1. The Morgan fingerprint density at radius 1 is 1.39 bits per heavy atom. The standard InChI is InChI=1S/C18H19ClN4O4S/c1-18(2,3)14-7-15(24)22-8-10(9-28-17(22)21-14)16(25)20-12-6-11(19)4-5-13(12)23(26)27/h4-7,10H,8-9H2,1-3H3,(H,20,25). The van der Waals surface area contributed by atoms with Gasteiger partial charge in [0.1, 0.15) is 5.69 Å². The average molecular weight is 423 g/mol. The van der Waals surface area contributed by atoms with Crippen molar-refractivity contribution < 1.29 is 9.72 Å². The number of carbonyl (C=O) groups excluding carboxylic acids is 1. The molecule has 10 heteroatoms. The molecule has 0 bridgehead atoms. The summed E-state index contributed by atoms with van der Waals surface area (Å²) in [5.41, 5.74) is 0.0270. The van der Waals surface area contributed by atoms with Gasteiger partial charge in [-0.3, -0.25) is 24.3 Å². The number of thioether (sulfide) groups is 1. The van der Waals surface area contributed by atoms with E-state index in [1.165, 1.54) is 40.6 Å². The molecule has 0 saturated carbocycles. The van der Waals surface area contributed by atoms with Crippen molar-refractivity contribution >= 4 is 40.6 Å². The van der Waals surface area contributed by atoms with Crippen LogP contribution < -0.4 is 10.9 Å². The van der Waals surface area contributed by atoms with E-state index in [0.29, 0.717) is 16.6 Å². The first-order valence-electron chi connectivity index (χ1n) is 8.56. The predicted octanol–water partition coefficient (Wildman–Crippen LogP) is 3.46. The second-order valence-corrected chi connectivity index (χ2v) is 8.96. The van der Waals surface area contributed by atoms with Gasteiger partial charge in [0.15, 0.2) is 5.16 Å². The number of hydrogen-bond acceptors (Lipinski definition) is 6. The lowest BCUT2D eigenvalue weighted by molar-refractivity contribution is -0.383. The number of anilines is 1. The normalized spacial score (nSPS) is 16.4. The molecule has 28 heavy (non-hydrogen) atoms. The van der Waals surface area contributed by atoms with Crippen LogP contribution in [0.25, 0.3) is 0 Å². The molecule has 0 fully saturated rings. The molecule has 1 aromatic carbocycles. The highest BCUT2D eigenvalue weighted by Gasteiger charge is 2.29. The van der Waals surface area contributed by atoms with Crippen molar-refractivity contribution in [2.75, 3.05) is 11.1 Å². The Morgan fingerprint density at radius 2 is 2.11 bits per heavy atom. The van der Waals surface area contributed by atoms with Crippen molar-refractivity contribution in [2.45, 2.75) is 37.9 Å². The number of rotatable bonds is 3. The fourth-order valence-electron chi connectivity index (χ4n) is 2.76. The summed E-state index contributed by atoms with van der Waals surface area (Å²) in [6, 6.07) is 5.46. The highest BCUT2D eigenvalue weighted by atomic mass is 35.5. The van der Waals surface area contributed by atoms with Gasteiger partial charge in [-0.05, 0) is 12.1 Å². The Balaban J connectivity index is 1.83. The minimum atomic E-state index is -0.584. The number of fused-ring (bicyclic) bond motifs is 1. The Labute approximate surface area is 170 Å². The fourth-order valence-corrected chi connectivity index (χ4v) is 4.02. The summed E-state index contributed by atoms with van der Waals surface area (Å²) in [5.74, 6) is -0.522. The van der Waals surface area contributed by atoms with E-state index in [1.54, 1.807) is 0 Å². The van der Waals surface area contributed by atoms with Crippen molar-refractivity contribution in [3.05, 3.63) is 55.5 Å². The molecule has 148 valence electrons. The molecule has 1 aliphatic rings. The van der Waals surface area contributed by atoms with Crippen molar-refractivity contribution in [2.24, 2.45) is 5.92 Å². The maximum absolute atomic E-state index is 12.7. The van der Waals surface area contributed by atoms with Crippen LogP contribution in [0.3, 0.4) is 0 Å². The maximum Gasteiger partial charge on any atom is 0.292 e. The van der Waals surface area contributed by atoms with Crippen LogP contribution in [0, 0.1) is 16.0 Å². The lowest BCUT2D eigenvalue weighted by Gasteiger charge is -2.26. The molecule has 1 aliphatic heterocycles. The van der Waals surface area contributed by atoms with Crippen LogP contribution in [0.4, 0.5) is 11.4 Å². The van der Waals surface area contributed by atoms with Gasteiger partial charge in [-0.15, -0.1) is 0 Å². The molecule has 0 saturated heterocycles. The lowest BCUT2D eigenvalue weighted by atomic mass is 9.92. The molecule has 3 rings (SSSR count). The number of benzene rings is 1. The molecule has 1 N–H and O–H groups in total. The summed E-state index contributed by atoms with van der Waals surface area (Å²) in [4.78, 5) is 40.3. The second kappa shape index (κ2) is 7.56. The highest BCUT2D eigenvalue weighted by molar-refractivity contribution is 7.99. The van der Waals surface area contributed by atoms with E-state index in [1.807, 2.05) is 20.8 Å². The van der Waals surface area contributed by atoms with Gasteiger partial charge in [0.25, 0.3) is 11.2 Å². The van der Waals surface area contributed by atoms with Gasteiger partial charge in [-0.2, -0.15) is 0 Å². The summed E-state index contributed by atoms with van der Waals surface area (Å²) in [6.07, 6.45) is 0. The Hall–Kier alpha value is -2.39. The van der Waals surface area contributed by atoms with Crippen LogP contribution >= 0.6 is 23.4 Å². The summed E-state index contributed by atoms with van der Waals surface area (Å²) >= 11 is 7.22. The van der Waals surface area contributed by atoms with Crippen LogP contribution in [-0.4, -0.2) is 26.1 Å². The van der Waals surface area contributed by atoms with Gasteiger partial charge in [0.2, 0.25) is 5.91 Å². The van der Waals surface area contributed by atoms with E-state index in [0.717, 1.165) is 0 Å². The molecule has 0 aliphatic carbocycles. The zero-order chi connectivity index (χ0) is 20.6. The van der Waals surface area contributed by atoms with Gasteiger partial charge in [0, 0.05) is 34.9 Å². The Morgan fingerprint density at radius 3 is 2.75 bits per heavy atom. The van der Waals surface area contributed by atoms with Crippen LogP contribution in [0.1, 0.15) is 26.5 Å². The van der Waals surface area contributed by atoms with Crippen LogP contribution in [0.5, 0.6) is 0 Å². The molecule has 1 unspecified atom stereocenters. The molecule has 1 amide bonds. The van der Waals surface area contributed by atoms with Crippen molar-refractivity contribution in [3.8, 4) is 0 Å². The smallest absolute Gasteiger partial charge is 0.292 e. The zero-order valence-corrected chi connectivity index (χ0v) is 17.1. The van der Waals surface area contributed by atoms with Crippen molar-refractivity contribution in [3.63, 3.8) is 0 Å². The molecule has 1 atom stereocenters. The third-order valence-corrected chi connectivity index (χ3v) is 5.72. The summed E-state index contributed by atoms with van der Waals surface area (Å²) in [7, 11) is 0.